The molecule has 4 heteroatoms. The smallest absolute Gasteiger partial charge is 0.303 e. The number of nitrogens with zero attached hydrogens (tertiary/aromatic N) is 1. The molecule has 0 heterocycles. The molecule has 0 saturated heterocycles. The van der Waals surface area contributed by atoms with Crippen molar-refractivity contribution < 1.29 is 14.7 Å². The maximum atomic E-state index is 11.1. The predicted molar refractivity (Wildman–Crippen MR) is 66.6 cm³/mol. The van der Waals surface area contributed by atoms with Gasteiger partial charge in [0.2, 0.25) is 0 Å². The molecule has 0 amide bonds. The minimum Gasteiger partial charge on any atom is -0.481 e. The van der Waals surface area contributed by atoms with Crippen LogP contribution >= 0.6 is 0 Å². The van der Waals surface area contributed by atoms with E-state index in [2.05, 4.69) is 0 Å². The molecule has 0 radical (unpaired) electrons. The van der Waals surface area contributed by atoms with E-state index in [1.54, 1.807) is 12.1 Å². The third kappa shape index (κ3) is 4.26. The first-order chi connectivity index (χ1) is 8.00. The maximum Gasteiger partial charge on any atom is 0.303 e. The SMILES string of the molecule is CC(=O)c1ccc(N(C)CCCC(=O)O)cc1. The van der Waals surface area contributed by atoms with Crippen LogP contribution in [0.2, 0.25) is 0 Å². The van der Waals surface area contributed by atoms with Gasteiger partial charge < -0.3 is 10.0 Å². The van der Waals surface area contributed by atoms with Gasteiger partial charge in [-0.25, -0.2) is 0 Å². The van der Waals surface area contributed by atoms with E-state index in [1.807, 2.05) is 24.1 Å². The molecule has 0 fully saturated rings. The number of rotatable bonds is 6. The van der Waals surface area contributed by atoms with Crippen molar-refractivity contribution in [1.29, 1.82) is 0 Å². The van der Waals surface area contributed by atoms with Crippen LogP contribution in [-0.2, 0) is 4.79 Å². The minimum atomic E-state index is -0.773. The number of Topliss-reactive ketones (excluding diaryl/α,β-unsaturated/α-hetero) is 1. The molecule has 4 nitrogen and oxygen atoms in total. The summed E-state index contributed by atoms with van der Waals surface area (Å²) in [6.07, 6.45) is 0.788. The van der Waals surface area contributed by atoms with Gasteiger partial charge in [0, 0.05) is 31.3 Å². The lowest BCUT2D eigenvalue weighted by atomic mass is 10.1. The Kier molecular flexibility index (Phi) is 4.69. The van der Waals surface area contributed by atoms with Gasteiger partial charge >= 0.3 is 5.97 Å². The van der Waals surface area contributed by atoms with Crippen LogP contribution in [-0.4, -0.2) is 30.5 Å². The lowest BCUT2D eigenvalue weighted by molar-refractivity contribution is -0.137. The first-order valence-corrected chi connectivity index (χ1v) is 5.54. The van der Waals surface area contributed by atoms with Crippen LogP contribution in [0, 0.1) is 0 Å². The zero-order chi connectivity index (χ0) is 12.8. The number of hydrogen-bond donors (Lipinski definition) is 1. The van der Waals surface area contributed by atoms with Gasteiger partial charge in [-0.1, -0.05) is 0 Å². The molecule has 17 heavy (non-hydrogen) atoms. The molecule has 92 valence electrons. The summed E-state index contributed by atoms with van der Waals surface area (Å²) in [7, 11) is 1.91. The topological polar surface area (TPSA) is 57.6 Å². The quantitative estimate of drug-likeness (QED) is 0.768. The van der Waals surface area contributed by atoms with Gasteiger partial charge in [-0.3, -0.25) is 9.59 Å². The van der Waals surface area contributed by atoms with Gasteiger partial charge in [-0.2, -0.15) is 0 Å². The van der Waals surface area contributed by atoms with Gasteiger partial charge in [0.25, 0.3) is 0 Å². The molecule has 0 aliphatic rings. The van der Waals surface area contributed by atoms with Crippen LogP contribution in [0.4, 0.5) is 5.69 Å². The third-order valence-corrected chi connectivity index (χ3v) is 2.60. The predicted octanol–water partition coefficient (Wildman–Crippen LogP) is 2.19. The molecule has 0 saturated carbocycles. The van der Waals surface area contributed by atoms with Crippen molar-refractivity contribution in [2.45, 2.75) is 19.8 Å². The first kappa shape index (κ1) is 13.2. The molecule has 1 N–H and O–H groups in total. The summed E-state index contributed by atoms with van der Waals surface area (Å²) in [6, 6.07) is 7.31. The Morgan fingerprint density at radius 2 is 1.82 bits per heavy atom. The Morgan fingerprint density at radius 3 is 2.29 bits per heavy atom. The Hall–Kier alpha value is -1.84. The zero-order valence-corrected chi connectivity index (χ0v) is 10.1. The molecule has 0 spiro atoms. The van der Waals surface area contributed by atoms with E-state index < -0.39 is 5.97 Å². The number of carboxylic acids is 1. The highest BCUT2D eigenvalue weighted by atomic mass is 16.4. The Bertz CT molecular complexity index is 398. The summed E-state index contributed by atoms with van der Waals surface area (Å²) >= 11 is 0. The third-order valence-electron chi connectivity index (χ3n) is 2.60. The number of carboxylic acid groups (broad SMARTS) is 1. The lowest BCUT2D eigenvalue weighted by Gasteiger charge is -2.18. The van der Waals surface area contributed by atoms with Crippen molar-refractivity contribution in [3.05, 3.63) is 29.8 Å². The van der Waals surface area contributed by atoms with Crippen molar-refractivity contribution >= 4 is 17.4 Å². The number of carbonyl (C=O) groups is 2. The van der Waals surface area contributed by atoms with Crippen molar-refractivity contribution in [3.8, 4) is 0 Å². The molecule has 1 aromatic rings. The monoisotopic (exact) mass is 235 g/mol. The Balaban J connectivity index is 2.54. The van der Waals surface area contributed by atoms with Gasteiger partial charge in [0.15, 0.2) is 5.78 Å². The van der Waals surface area contributed by atoms with Crippen LogP contribution in [0.5, 0.6) is 0 Å². The van der Waals surface area contributed by atoms with Crippen molar-refractivity contribution in [2.24, 2.45) is 0 Å². The van der Waals surface area contributed by atoms with Crippen LogP contribution in [0.3, 0.4) is 0 Å². The number of carbonyl (C=O) groups excluding carboxylic acids is 1. The van der Waals surface area contributed by atoms with Gasteiger partial charge in [-0.15, -0.1) is 0 Å². The van der Waals surface area contributed by atoms with Crippen molar-refractivity contribution in [1.82, 2.24) is 0 Å². The van der Waals surface area contributed by atoms with E-state index >= 15 is 0 Å². The highest BCUT2D eigenvalue weighted by Gasteiger charge is 2.04. The summed E-state index contributed by atoms with van der Waals surface area (Å²) < 4.78 is 0. The largest absolute Gasteiger partial charge is 0.481 e. The normalized spacial score (nSPS) is 10.0. The molecule has 0 atom stereocenters. The van der Waals surface area contributed by atoms with E-state index in [9.17, 15) is 9.59 Å². The molecule has 1 aromatic carbocycles. The molecule has 1 rings (SSSR count). The molecule has 0 bridgehead atoms. The van der Waals surface area contributed by atoms with Gasteiger partial charge in [-0.05, 0) is 37.6 Å². The summed E-state index contributed by atoms with van der Waals surface area (Å²) in [5, 5.41) is 8.54. The van der Waals surface area contributed by atoms with Gasteiger partial charge in [0.05, 0.1) is 0 Å². The van der Waals surface area contributed by atoms with Crippen LogP contribution < -0.4 is 4.90 Å². The van der Waals surface area contributed by atoms with Gasteiger partial charge in [0.1, 0.15) is 0 Å². The second-order valence-electron chi connectivity index (χ2n) is 4.02. The second-order valence-corrected chi connectivity index (χ2v) is 4.02. The standard InChI is InChI=1S/C13H17NO3/c1-10(15)11-5-7-12(8-6-11)14(2)9-3-4-13(16)17/h5-8H,3-4,9H2,1-2H3,(H,16,17). The summed E-state index contributed by atoms with van der Waals surface area (Å²) in [5.41, 5.74) is 1.67. The van der Waals surface area contributed by atoms with E-state index in [0.717, 1.165) is 5.69 Å². The Labute approximate surface area is 101 Å². The van der Waals surface area contributed by atoms with E-state index in [1.165, 1.54) is 6.92 Å². The fourth-order valence-corrected chi connectivity index (χ4v) is 1.55. The lowest BCUT2D eigenvalue weighted by Crippen LogP contribution is -2.19. The fourth-order valence-electron chi connectivity index (χ4n) is 1.55. The number of hydrogen-bond acceptors (Lipinski definition) is 3. The first-order valence-electron chi connectivity index (χ1n) is 5.54. The number of anilines is 1. The summed E-state index contributed by atoms with van der Waals surface area (Å²) in [4.78, 5) is 23.5. The molecular weight excluding hydrogens is 218 g/mol. The molecule has 0 aliphatic heterocycles. The van der Waals surface area contributed by atoms with E-state index in [0.29, 0.717) is 18.5 Å². The van der Waals surface area contributed by atoms with E-state index in [4.69, 9.17) is 5.11 Å². The molecular formula is C13H17NO3. The average molecular weight is 235 g/mol. The van der Waals surface area contributed by atoms with Crippen molar-refractivity contribution in [2.75, 3.05) is 18.5 Å². The number of ketones is 1. The van der Waals surface area contributed by atoms with Crippen LogP contribution in [0.25, 0.3) is 0 Å². The highest BCUT2D eigenvalue weighted by Crippen LogP contribution is 2.14. The molecule has 0 unspecified atom stereocenters. The molecule has 0 aromatic heterocycles. The van der Waals surface area contributed by atoms with Crippen molar-refractivity contribution in [3.63, 3.8) is 0 Å². The maximum absolute atomic E-state index is 11.1. The minimum absolute atomic E-state index is 0.0464. The second kappa shape index (κ2) is 6.03. The fraction of sp³-hybridized carbons (Fsp3) is 0.385. The van der Waals surface area contributed by atoms with E-state index in [-0.39, 0.29) is 12.2 Å². The summed E-state index contributed by atoms with van der Waals surface area (Å²) in [5.74, 6) is -0.726. The molecule has 0 aliphatic carbocycles. The average Bonchev–Trinajstić information content (AvgIpc) is 2.28. The summed E-state index contributed by atoms with van der Waals surface area (Å²) in [6.45, 7) is 2.22. The Morgan fingerprint density at radius 1 is 1.24 bits per heavy atom. The highest BCUT2D eigenvalue weighted by molar-refractivity contribution is 5.94. The van der Waals surface area contributed by atoms with Crippen LogP contribution in [0.1, 0.15) is 30.1 Å². The van der Waals surface area contributed by atoms with Crippen LogP contribution in [0.15, 0.2) is 24.3 Å². The zero-order valence-electron chi connectivity index (χ0n) is 10.1. The number of aliphatic carboxylic acids is 1. The number of benzene rings is 1.